The standard InChI is InChI=1S/C27H47N3O5/c1-18-6-3-4-7-23(18)30-27(34)29-21-13-10-20(11-14-21)16-25(31)28-22-12-9-19(2)24(17-22)35-15-5-8-26(32)33/h18-24H,3-17H2,1-2H3,(H,28,31)(H,32,33)(H2,29,30,34). The van der Waals surface area contributed by atoms with Crippen molar-refractivity contribution >= 4 is 17.9 Å². The van der Waals surface area contributed by atoms with Crippen molar-refractivity contribution in [2.24, 2.45) is 17.8 Å². The van der Waals surface area contributed by atoms with Gasteiger partial charge < -0.3 is 25.8 Å². The predicted octanol–water partition coefficient (Wildman–Crippen LogP) is 4.37. The molecule has 0 saturated heterocycles. The third-order valence-corrected chi connectivity index (χ3v) is 8.44. The average Bonchev–Trinajstić information content (AvgIpc) is 2.81. The van der Waals surface area contributed by atoms with Crippen LogP contribution in [0.2, 0.25) is 0 Å². The topological polar surface area (TPSA) is 117 Å². The number of nitrogens with one attached hydrogen (secondary N) is 3. The maximum atomic E-state index is 12.7. The minimum Gasteiger partial charge on any atom is -0.481 e. The lowest BCUT2D eigenvalue weighted by atomic mass is 9.83. The summed E-state index contributed by atoms with van der Waals surface area (Å²) in [5, 5.41) is 18.3. The van der Waals surface area contributed by atoms with Crippen LogP contribution in [-0.2, 0) is 14.3 Å². The normalized spacial score (nSPS) is 33.5. The Morgan fingerprint density at radius 1 is 0.829 bits per heavy atom. The van der Waals surface area contributed by atoms with Gasteiger partial charge in [-0.1, -0.05) is 26.7 Å². The van der Waals surface area contributed by atoms with Crippen LogP contribution in [0.25, 0.3) is 0 Å². The van der Waals surface area contributed by atoms with Gasteiger partial charge in [-0.15, -0.1) is 0 Å². The van der Waals surface area contributed by atoms with Crippen LogP contribution in [0.4, 0.5) is 4.79 Å². The number of rotatable bonds is 10. The Balaban J connectivity index is 1.31. The molecule has 3 aliphatic rings. The quantitative estimate of drug-likeness (QED) is 0.337. The molecule has 3 aliphatic carbocycles. The lowest BCUT2D eigenvalue weighted by Gasteiger charge is -2.35. The monoisotopic (exact) mass is 493 g/mol. The second-order valence-electron chi connectivity index (χ2n) is 11.4. The van der Waals surface area contributed by atoms with Crippen molar-refractivity contribution in [2.45, 2.75) is 128 Å². The van der Waals surface area contributed by atoms with Gasteiger partial charge in [0.2, 0.25) is 5.91 Å². The Bertz CT molecular complexity index is 694. The van der Waals surface area contributed by atoms with E-state index in [-0.39, 0.29) is 36.5 Å². The maximum absolute atomic E-state index is 12.7. The Morgan fingerprint density at radius 3 is 2.26 bits per heavy atom. The molecule has 200 valence electrons. The molecule has 0 heterocycles. The number of carbonyl (C=O) groups is 3. The number of carboxylic acid groups (broad SMARTS) is 1. The summed E-state index contributed by atoms with van der Waals surface area (Å²) in [4.78, 5) is 35.8. The van der Waals surface area contributed by atoms with Gasteiger partial charge in [0, 0.05) is 37.6 Å². The van der Waals surface area contributed by atoms with Crippen molar-refractivity contribution < 1.29 is 24.2 Å². The molecule has 3 saturated carbocycles. The molecule has 5 unspecified atom stereocenters. The lowest BCUT2D eigenvalue weighted by Crippen LogP contribution is -2.49. The summed E-state index contributed by atoms with van der Waals surface area (Å²) >= 11 is 0. The van der Waals surface area contributed by atoms with E-state index in [0.29, 0.717) is 43.2 Å². The van der Waals surface area contributed by atoms with Crippen LogP contribution in [-0.4, -0.2) is 53.9 Å². The van der Waals surface area contributed by atoms with E-state index in [9.17, 15) is 14.4 Å². The van der Waals surface area contributed by atoms with Gasteiger partial charge in [-0.25, -0.2) is 4.79 Å². The van der Waals surface area contributed by atoms with Crippen molar-refractivity contribution in [2.75, 3.05) is 6.61 Å². The largest absolute Gasteiger partial charge is 0.481 e. The Labute approximate surface area is 210 Å². The highest BCUT2D eigenvalue weighted by molar-refractivity contribution is 5.76. The van der Waals surface area contributed by atoms with Crippen molar-refractivity contribution in [3.8, 4) is 0 Å². The fraction of sp³-hybridized carbons (Fsp3) is 0.889. The molecule has 4 N–H and O–H groups in total. The average molecular weight is 494 g/mol. The molecule has 0 aromatic heterocycles. The Kier molecular flexibility index (Phi) is 11.1. The highest BCUT2D eigenvalue weighted by Crippen LogP contribution is 2.29. The fourth-order valence-electron chi connectivity index (χ4n) is 6.09. The minimum absolute atomic E-state index is 0.0313. The molecule has 0 spiro atoms. The van der Waals surface area contributed by atoms with Gasteiger partial charge in [0.15, 0.2) is 0 Å². The number of carboxylic acids is 1. The number of amides is 3. The van der Waals surface area contributed by atoms with Crippen molar-refractivity contribution in [3.63, 3.8) is 0 Å². The first-order valence-corrected chi connectivity index (χ1v) is 14.0. The van der Waals surface area contributed by atoms with Crippen LogP contribution in [0.1, 0.15) is 104 Å². The smallest absolute Gasteiger partial charge is 0.315 e. The first-order valence-electron chi connectivity index (χ1n) is 14.0. The maximum Gasteiger partial charge on any atom is 0.315 e. The fourth-order valence-corrected chi connectivity index (χ4v) is 6.09. The number of aliphatic carboxylic acids is 1. The molecule has 8 heteroatoms. The van der Waals surface area contributed by atoms with Gasteiger partial charge in [-0.3, -0.25) is 9.59 Å². The molecule has 0 aromatic rings. The van der Waals surface area contributed by atoms with E-state index in [0.717, 1.165) is 51.4 Å². The summed E-state index contributed by atoms with van der Waals surface area (Å²) in [7, 11) is 0. The van der Waals surface area contributed by atoms with Gasteiger partial charge in [0.1, 0.15) is 0 Å². The van der Waals surface area contributed by atoms with E-state index in [1.165, 1.54) is 19.3 Å². The third kappa shape index (κ3) is 9.62. The van der Waals surface area contributed by atoms with Crippen LogP contribution in [0.15, 0.2) is 0 Å². The Morgan fingerprint density at radius 2 is 1.54 bits per heavy atom. The Hall–Kier alpha value is -1.83. The van der Waals surface area contributed by atoms with E-state index in [4.69, 9.17) is 9.84 Å². The van der Waals surface area contributed by atoms with Crippen LogP contribution in [0.3, 0.4) is 0 Å². The highest BCUT2D eigenvalue weighted by atomic mass is 16.5. The number of hydrogen-bond acceptors (Lipinski definition) is 4. The van der Waals surface area contributed by atoms with Crippen LogP contribution < -0.4 is 16.0 Å². The van der Waals surface area contributed by atoms with E-state index in [2.05, 4.69) is 29.8 Å². The molecule has 0 aliphatic heterocycles. The molecule has 0 bridgehead atoms. The first-order chi connectivity index (χ1) is 16.8. The van der Waals surface area contributed by atoms with Crippen molar-refractivity contribution in [3.05, 3.63) is 0 Å². The molecule has 3 amide bonds. The third-order valence-electron chi connectivity index (χ3n) is 8.44. The molecule has 5 atom stereocenters. The van der Waals surface area contributed by atoms with E-state index >= 15 is 0 Å². The molecule has 0 aromatic carbocycles. The first kappa shape index (κ1) is 27.8. The summed E-state index contributed by atoms with van der Waals surface area (Å²) < 4.78 is 5.95. The number of hydrogen-bond donors (Lipinski definition) is 4. The zero-order valence-electron chi connectivity index (χ0n) is 21.7. The van der Waals surface area contributed by atoms with Gasteiger partial charge >= 0.3 is 12.0 Å². The summed E-state index contributed by atoms with van der Waals surface area (Å²) in [6.45, 7) is 4.85. The van der Waals surface area contributed by atoms with Gasteiger partial charge in [0.25, 0.3) is 0 Å². The van der Waals surface area contributed by atoms with E-state index < -0.39 is 5.97 Å². The van der Waals surface area contributed by atoms with Gasteiger partial charge in [0.05, 0.1) is 6.10 Å². The van der Waals surface area contributed by atoms with Crippen molar-refractivity contribution in [1.29, 1.82) is 0 Å². The SMILES string of the molecule is CC1CCCCC1NC(=O)NC1CCC(CC(=O)NC2CCC(C)C(OCCCC(=O)O)C2)CC1. The summed E-state index contributed by atoms with van der Waals surface area (Å²) in [5.74, 6) is 0.677. The number of ether oxygens (including phenoxy) is 1. The van der Waals surface area contributed by atoms with E-state index in [1.807, 2.05) is 0 Å². The predicted molar refractivity (Wildman–Crippen MR) is 135 cm³/mol. The molecule has 3 rings (SSSR count). The molecular weight excluding hydrogens is 446 g/mol. The zero-order chi connectivity index (χ0) is 25.2. The zero-order valence-corrected chi connectivity index (χ0v) is 21.7. The number of carbonyl (C=O) groups excluding carboxylic acids is 2. The molecule has 8 nitrogen and oxygen atoms in total. The summed E-state index contributed by atoms with van der Waals surface area (Å²) in [5.41, 5.74) is 0. The van der Waals surface area contributed by atoms with Gasteiger partial charge in [-0.2, -0.15) is 0 Å². The number of urea groups is 1. The molecule has 0 radical (unpaired) electrons. The van der Waals surface area contributed by atoms with Crippen LogP contribution in [0.5, 0.6) is 0 Å². The second kappa shape index (κ2) is 14.0. The highest BCUT2D eigenvalue weighted by Gasteiger charge is 2.31. The summed E-state index contributed by atoms with van der Waals surface area (Å²) in [6.07, 6.45) is 12.6. The van der Waals surface area contributed by atoms with E-state index in [1.54, 1.807) is 0 Å². The second-order valence-corrected chi connectivity index (χ2v) is 11.4. The van der Waals surface area contributed by atoms with Crippen LogP contribution in [0, 0.1) is 17.8 Å². The summed E-state index contributed by atoms with van der Waals surface area (Å²) in [6, 6.07) is 0.594. The molecule has 35 heavy (non-hydrogen) atoms. The minimum atomic E-state index is -0.794. The molecular formula is C27H47N3O5. The molecule has 3 fully saturated rings. The van der Waals surface area contributed by atoms with Crippen molar-refractivity contribution in [1.82, 2.24) is 16.0 Å². The lowest BCUT2D eigenvalue weighted by molar-refractivity contribution is -0.137. The van der Waals surface area contributed by atoms with Crippen LogP contribution >= 0.6 is 0 Å². The van der Waals surface area contributed by atoms with Gasteiger partial charge in [-0.05, 0) is 82.0 Å².